The Morgan fingerprint density at radius 2 is 1.62 bits per heavy atom. The Morgan fingerprint density at radius 3 is 2.25 bits per heavy atom. The van der Waals surface area contributed by atoms with E-state index in [1.165, 1.54) is 18.3 Å². The van der Waals surface area contributed by atoms with Gasteiger partial charge < -0.3 is 25.4 Å². The minimum Gasteiger partial charge on any atom is -0.478 e. The number of nitrogens with one attached hydrogen (secondary N) is 1. The molecule has 0 fully saturated rings. The Hall–Kier alpha value is -3.75. The van der Waals surface area contributed by atoms with Crippen molar-refractivity contribution in [3.8, 4) is 11.1 Å². The van der Waals surface area contributed by atoms with Gasteiger partial charge in [0.2, 0.25) is 0 Å². The molecule has 2 aromatic carbocycles. The molecular weight excluding hydrogens is 412 g/mol. The Balaban J connectivity index is 1.34. The van der Waals surface area contributed by atoms with Gasteiger partial charge in [0.05, 0.1) is 11.3 Å². The van der Waals surface area contributed by atoms with Gasteiger partial charge in [-0.3, -0.25) is 4.98 Å². The summed E-state index contributed by atoms with van der Waals surface area (Å²) < 4.78 is 5.39. The minimum absolute atomic E-state index is 0.00765. The highest BCUT2D eigenvalue weighted by Crippen LogP contribution is 2.44. The van der Waals surface area contributed by atoms with Crippen molar-refractivity contribution in [2.75, 3.05) is 13.2 Å². The Labute approximate surface area is 184 Å². The fraction of sp³-hybridized carbons (Fsp3) is 0.208. The smallest absolute Gasteiger partial charge is 0.407 e. The number of aliphatic hydroxyl groups is 2. The van der Waals surface area contributed by atoms with Crippen molar-refractivity contribution in [1.82, 2.24) is 10.3 Å². The van der Waals surface area contributed by atoms with Gasteiger partial charge in [-0.1, -0.05) is 48.5 Å². The van der Waals surface area contributed by atoms with Crippen LogP contribution in [-0.4, -0.2) is 51.6 Å². The van der Waals surface area contributed by atoms with Crippen molar-refractivity contribution in [2.45, 2.75) is 18.1 Å². The van der Waals surface area contributed by atoms with Crippen LogP contribution in [-0.2, 0) is 4.74 Å². The van der Waals surface area contributed by atoms with E-state index in [1.54, 1.807) is 0 Å². The molecule has 0 spiro atoms. The lowest BCUT2D eigenvalue weighted by atomic mass is 9.98. The highest BCUT2D eigenvalue weighted by molar-refractivity contribution is 5.87. The van der Waals surface area contributed by atoms with E-state index in [4.69, 9.17) is 9.84 Å². The third-order valence-electron chi connectivity index (χ3n) is 5.49. The van der Waals surface area contributed by atoms with Crippen molar-refractivity contribution in [3.05, 3.63) is 89.2 Å². The van der Waals surface area contributed by atoms with Crippen LogP contribution < -0.4 is 5.32 Å². The average molecular weight is 434 g/mol. The molecule has 4 rings (SSSR count). The average Bonchev–Trinajstić information content (AvgIpc) is 3.14. The topological polar surface area (TPSA) is 129 Å². The van der Waals surface area contributed by atoms with Crippen LogP contribution in [0.25, 0.3) is 11.1 Å². The summed E-state index contributed by atoms with van der Waals surface area (Å²) in [5.74, 6) is -1.27. The van der Waals surface area contributed by atoms with Gasteiger partial charge in [0, 0.05) is 18.7 Å². The third-order valence-corrected chi connectivity index (χ3v) is 5.49. The first kappa shape index (κ1) is 21.5. The van der Waals surface area contributed by atoms with Crippen LogP contribution in [0, 0.1) is 0 Å². The van der Waals surface area contributed by atoms with Gasteiger partial charge in [-0.15, -0.1) is 0 Å². The van der Waals surface area contributed by atoms with Gasteiger partial charge in [-0.25, -0.2) is 9.59 Å². The van der Waals surface area contributed by atoms with Crippen LogP contribution in [0.2, 0.25) is 0 Å². The Bertz CT molecular complexity index is 1100. The lowest BCUT2D eigenvalue weighted by Gasteiger charge is -2.19. The van der Waals surface area contributed by atoms with Gasteiger partial charge in [0.15, 0.2) is 0 Å². The van der Waals surface area contributed by atoms with E-state index in [-0.39, 0.29) is 30.3 Å². The number of hydrogen-bond acceptors (Lipinski definition) is 6. The van der Waals surface area contributed by atoms with Crippen molar-refractivity contribution in [1.29, 1.82) is 0 Å². The number of carbonyl (C=O) groups excluding carboxylic acids is 1. The van der Waals surface area contributed by atoms with Crippen molar-refractivity contribution in [3.63, 3.8) is 0 Å². The molecule has 1 aromatic heterocycles. The van der Waals surface area contributed by atoms with Crippen molar-refractivity contribution >= 4 is 12.1 Å². The second-order valence-electron chi connectivity index (χ2n) is 7.49. The lowest BCUT2D eigenvalue weighted by molar-refractivity contribution is 0.0160. The number of benzene rings is 2. The number of hydrogen-bond donors (Lipinski definition) is 4. The van der Waals surface area contributed by atoms with E-state index in [1.807, 2.05) is 48.5 Å². The molecule has 0 aliphatic heterocycles. The number of aliphatic hydroxyl groups excluding tert-OH is 2. The van der Waals surface area contributed by atoms with Crippen molar-refractivity contribution in [2.24, 2.45) is 0 Å². The van der Waals surface area contributed by atoms with Gasteiger partial charge in [-0.05, 0) is 34.4 Å². The molecule has 2 unspecified atom stereocenters. The molecule has 0 radical (unpaired) electrons. The van der Waals surface area contributed by atoms with Crippen LogP contribution >= 0.6 is 0 Å². The predicted octanol–water partition coefficient (Wildman–Crippen LogP) is 2.71. The molecule has 0 saturated heterocycles. The summed E-state index contributed by atoms with van der Waals surface area (Å²) in [5, 5.41) is 31.9. The fourth-order valence-electron chi connectivity index (χ4n) is 3.89. The molecule has 164 valence electrons. The number of aromatic nitrogens is 1. The zero-order valence-corrected chi connectivity index (χ0v) is 17.0. The number of rotatable bonds is 7. The Morgan fingerprint density at radius 1 is 1.00 bits per heavy atom. The number of fused-ring (bicyclic) bond motifs is 3. The molecule has 3 aromatic rings. The zero-order chi connectivity index (χ0) is 22.7. The lowest BCUT2D eigenvalue weighted by Crippen LogP contribution is -2.36. The molecule has 8 nitrogen and oxygen atoms in total. The van der Waals surface area contributed by atoms with Crippen LogP contribution in [0.15, 0.2) is 66.9 Å². The number of carboxylic acid groups (broad SMARTS) is 1. The summed E-state index contributed by atoms with van der Waals surface area (Å²) in [4.78, 5) is 27.1. The fourth-order valence-corrected chi connectivity index (χ4v) is 3.89. The maximum Gasteiger partial charge on any atom is 0.407 e. The highest BCUT2D eigenvalue weighted by Gasteiger charge is 2.29. The molecule has 1 aliphatic rings. The minimum atomic E-state index is -1.47. The number of carbonyl (C=O) groups is 2. The second kappa shape index (κ2) is 9.17. The molecule has 4 N–H and O–H groups in total. The number of ether oxygens (including phenoxy) is 1. The van der Waals surface area contributed by atoms with Gasteiger partial charge in [-0.2, -0.15) is 0 Å². The largest absolute Gasteiger partial charge is 0.478 e. The van der Waals surface area contributed by atoms with Gasteiger partial charge in [0.25, 0.3) is 0 Å². The SMILES string of the molecule is O=C(NCC(O)C(O)c1cc(C(=O)O)ccn1)OCC1c2ccccc2-c2ccccc21. The standard InChI is InChI=1S/C24H22N2O6/c27-21(22(28)20-11-14(23(29)30)9-10-25-20)12-26-24(31)32-13-19-17-7-3-1-5-15(17)16-6-2-4-8-18(16)19/h1-11,19,21-22,27-28H,12-13H2,(H,26,31)(H,29,30). The molecule has 32 heavy (non-hydrogen) atoms. The maximum absolute atomic E-state index is 12.2. The van der Waals surface area contributed by atoms with Crippen LogP contribution in [0.5, 0.6) is 0 Å². The first-order valence-corrected chi connectivity index (χ1v) is 10.1. The number of alkyl carbamates (subject to hydrolysis) is 1. The van der Waals surface area contributed by atoms with E-state index in [0.29, 0.717) is 0 Å². The predicted molar refractivity (Wildman–Crippen MR) is 115 cm³/mol. The van der Waals surface area contributed by atoms with E-state index in [9.17, 15) is 19.8 Å². The summed E-state index contributed by atoms with van der Waals surface area (Å²) in [5.41, 5.74) is 4.33. The van der Waals surface area contributed by atoms with Crippen molar-refractivity contribution < 1.29 is 29.6 Å². The summed E-state index contributed by atoms with van der Waals surface area (Å²) >= 11 is 0. The van der Waals surface area contributed by atoms with Gasteiger partial charge in [0.1, 0.15) is 18.8 Å². The quantitative estimate of drug-likeness (QED) is 0.450. The van der Waals surface area contributed by atoms with E-state index < -0.39 is 24.3 Å². The van der Waals surface area contributed by atoms with Crippen LogP contribution in [0.4, 0.5) is 4.79 Å². The summed E-state index contributed by atoms with van der Waals surface area (Å²) in [6.07, 6.45) is -2.37. The summed E-state index contributed by atoms with van der Waals surface area (Å²) in [6.45, 7) is -0.169. The number of aromatic carboxylic acids is 1. The van der Waals surface area contributed by atoms with E-state index >= 15 is 0 Å². The van der Waals surface area contributed by atoms with E-state index in [0.717, 1.165) is 22.3 Å². The monoisotopic (exact) mass is 434 g/mol. The molecule has 2 atom stereocenters. The van der Waals surface area contributed by atoms with Crippen LogP contribution in [0.3, 0.4) is 0 Å². The number of carboxylic acids is 1. The number of amides is 1. The van der Waals surface area contributed by atoms with Gasteiger partial charge >= 0.3 is 12.1 Å². The maximum atomic E-state index is 12.2. The third kappa shape index (κ3) is 4.32. The molecule has 0 bridgehead atoms. The molecule has 8 heteroatoms. The second-order valence-corrected chi connectivity index (χ2v) is 7.49. The number of nitrogens with zero attached hydrogens (tertiary/aromatic N) is 1. The molecular formula is C24H22N2O6. The summed E-state index contributed by atoms with van der Waals surface area (Å²) in [7, 11) is 0. The normalized spacial score (nSPS) is 14.2. The Kier molecular flexibility index (Phi) is 6.16. The first-order valence-electron chi connectivity index (χ1n) is 10.1. The molecule has 1 aliphatic carbocycles. The van der Waals surface area contributed by atoms with Crippen LogP contribution in [0.1, 0.15) is 39.2 Å². The highest BCUT2D eigenvalue weighted by atomic mass is 16.5. The zero-order valence-electron chi connectivity index (χ0n) is 17.0. The first-order chi connectivity index (χ1) is 15.5. The van der Waals surface area contributed by atoms with E-state index in [2.05, 4.69) is 10.3 Å². The number of pyridine rings is 1. The molecule has 0 saturated carbocycles. The molecule has 1 heterocycles. The molecule has 1 amide bonds. The summed E-state index contributed by atoms with van der Waals surface area (Å²) in [6, 6.07) is 18.4.